The maximum Gasteiger partial charge on any atom is 0.244 e. The lowest BCUT2D eigenvalue weighted by atomic mass is 10.1. The van der Waals surface area contributed by atoms with Gasteiger partial charge in [-0.15, -0.1) is 0 Å². The third-order valence-electron chi connectivity index (χ3n) is 4.71. The first-order valence-electron chi connectivity index (χ1n) is 9.98. The van der Waals surface area contributed by atoms with Gasteiger partial charge in [-0.05, 0) is 43.2 Å². The normalized spacial score (nSPS) is 12.1. The molecule has 0 saturated heterocycles. The summed E-state index contributed by atoms with van der Waals surface area (Å²) in [7, 11) is -3.71. The second kappa shape index (κ2) is 11.3. The minimum absolute atomic E-state index is 0.180. The van der Waals surface area contributed by atoms with Gasteiger partial charge >= 0.3 is 0 Å². The number of nitrogens with one attached hydrogen (secondary N) is 1. The molecule has 0 radical (unpaired) electrons. The lowest BCUT2D eigenvalue weighted by molar-refractivity contribution is -0.139. The Labute approximate surface area is 192 Å². The van der Waals surface area contributed by atoms with Gasteiger partial charge in [-0.25, -0.2) is 8.42 Å². The molecule has 9 heteroatoms. The molecule has 0 aliphatic carbocycles. The summed E-state index contributed by atoms with van der Waals surface area (Å²) in [6, 6.07) is 15.1. The molecule has 0 aromatic heterocycles. The third kappa shape index (κ3) is 7.36. The number of hydrogen-bond donors (Lipinski definition) is 1. The van der Waals surface area contributed by atoms with Crippen LogP contribution in [0.5, 0.6) is 0 Å². The Morgan fingerprint density at radius 2 is 1.68 bits per heavy atom. The van der Waals surface area contributed by atoms with E-state index in [9.17, 15) is 18.0 Å². The summed E-state index contributed by atoms with van der Waals surface area (Å²) in [5.74, 6) is -0.741. The van der Waals surface area contributed by atoms with Gasteiger partial charge in [-0.1, -0.05) is 53.2 Å². The highest BCUT2D eigenvalue weighted by Crippen LogP contribution is 2.19. The fraction of sp³-hybridized carbons (Fsp3) is 0.364. The monoisotopic (exact) mass is 509 g/mol. The lowest BCUT2D eigenvalue weighted by Gasteiger charge is -2.31. The van der Waals surface area contributed by atoms with Crippen LogP contribution in [0.2, 0.25) is 0 Å². The van der Waals surface area contributed by atoms with Crippen LogP contribution in [0.3, 0.4) is 0 Å². The lowest BCUT2D eigenvalue weighted by Crippen LogP contribution is -2.51. The topological polar surface area (TPSA) is 86.8 Å². The Balaban J connectivity index is 2.32. The van der Waals surface area contributed by atoms with Crippen molar-refractivity contribution in [3.05, 3.63) is 64.6 Å². The van der Waals surface area contributed by atoms with Crippen molar-refractivity contribution in [3.8, 4) is 0 Å². The number of benzene rings is 2. The molecule has 0 spiro atoms. The summed E-state index contributed by atoms with van der Waals surface area (Å²) < 4.78 is 26.8. The number of amides is 2. The highest BCUT2D eigenvalue weighted by atomic mass is 79.9. The third-order valence-corrected chi connectivity index (χ3v) is 6.38. The van der Waals surface area contributed by atoms with Gasteiger partial charge in [-0.3, -0.25) is 13.9 Å². The minimum Gasteiger partial charge on any atom is -0.354 e. The van der Waals surface area contributed by atoms with Gasteiger partial charge in [0, 0.05) is 17.6 Å². The summed E-state index contributed by atoms with van der Waals surface area (Å²) in [5, 5.41) is 2.81. The Morgan fingerprint density at radius 3 is 2.23 bits per heavy atom. The molecule has 0 heterocycles. The van der Waals surface area contributed by atoms with E-state index < -0.39 is 28.5 Å². The van der Waals surface area contributed by atoms with Gasteiger partial charge in [-0.2, -0.15) is 0 Å². The Hall–Kier alpha value is -2.39. The molecule has 1 N–H and O–H groups in total. The Kier molecular flexibility index (Phi) is 9.06. The predicted octanol–water partition coefficient (Wildman–Crippen LogP) is 3.16. The largest absolute Gasteiger partial charge is 0.354 e. The molecule has 0 saturated carbocycles. The number of nitrogens with zero attached hydrogens (tertiary/aromatic N) is 2. The van der Waals surface area contributed by atoms with Gasteiger partial charge in [0.25, 0.3) is 0 Å². The first-order valence-corrected chi connectivity index (χ1v) is 12.6. The molecular weight excluding hydrogens is 482 g/mol. The summed E-state index contributed by atoms with van der Waals surface area (Å²) in [6.07, 6.45) is 1.83. The zero-order valence-corrected chi connectivity index (χ0v) is 20.3. The minimum atomic E-state index is -3.71. The quantitative estimate of drug-likeness (QED) is 0.532. The average Bonchev–Trinajstić information content (AvgIpc) is 2.74. The van der Waals surface area contributed by atoms with Crippen LogP contribution in [-0.4, -0.2) is 50.5 Å². The van der Waals surface area contributed by atoms with E-state index in [0.717, 1.165) is 27.0 Å². The molecule has 2 aromatic carbocycles. The fourth-order valence-electron chi connectivity index (χ4n) is 2.97. The zero-order chi connectivity index (χ0) is 23.0. The van der Waals surface area contributed by atoms with E-state index in [1.807, 2.05) is 31.2 Å². The molecule has 2 aromatic rings. The van der Waals surface area contributed by atoms with E-state index in [0.29, 0.717) is 12.2 Å². The van der Waals surface area contributed by atoms with E-state index in [1.165, 1.54) is 4.90 Å². The highest BCUT2D eigenvalue weighted by Gasteiger charge is 2.29. The number of hydrogen-bond acceptors (Lipinski definition) is 4. The summed E-state index contributed by atoms with van der Waals surface area (Å²) in [4.78, 5) is 27.3. The van der Waals surface area contributed by atoms with Crippen LogP contribution in [0.25, 0.3) is 0 Å². The SMILES string of the molecule is CCCNC(=O)[C@@H](C)N(Cc1ccc(Br)cc1)C(=O)CN(c1ccccc1)S(C)(=O)=O. The van der Waals surface area contributed by atoms with Crippen LogP contribution in [0.4, 0.5) is 5.69 Å². The van der Waals surface area contributed by atoms with Crippen LogP contribution in [0, 0.1) is 0 Å². The molecule has 31 heavy (non-hydrogen) atoms. The Bertz CT molecular complexity index is 982. The number of anilines is 1. The first kappa shape index (κ1) is 24.9. The molecule has 0 fully saturated rings. The summed E-state index contributed by atoms with van der Waals surface area (Å²) >= 11 is 3.38. The highest BCUT2D eigenvalue weighted by molar-refractivity contribution is 9.10. The van der Waals surface area contributed by atoms with Crippen molar-refractivity contribution >= 4 is 43.5 Å². The molecular formula is C22H28BrN3O4S. The predicted molar refractivity (Wildman–Crippen MR) is 126 cm³/mol. The number of para-hydroxylation sites is 1. The van der Waals surface area contributed by atoms with Crippen molar-refractivity contribution in [2.75, 3.05) is 23.7 Å². The van der Waals surface area contributed by atoms with E-state index in [-0.39, 0.29) is 12.5 Å². The molecule has 1 atom stereocenters. The van der Waals surface area contributed by atoms with Crippen LogP contribution in [-0.2, 0) is 26.2 Å². The number of carbonyl (C=O) groups excluding carboxylic acids is 2. The molecule has 0 bridgehead atoms. The molecule has 2 amide bonds. The van der Waals surface area contributed by atoms with Gasteiger partial charge < -0.3 is 10.2 Å². The van der Waals surface area contributed by atoms with Crippen molar-refractivity contribution in [1.82, 2.24) is 10.2 Å². The second-order valence-electron chi connectivity index (χ2n) is 7.22. The summed E-state index contributed by atoms with van der Waals surface area (Å²) in [5.41, 5.74) is 1.22. The van der Waals surface area contributed by atoms with Gasteiger partial charge in [0.1, 0.15) is 12.6 Å². The maximum absolute atomic E-state index is 13.3. The van der Waals surface area contributed by atoms with Crippen LogP contribution >= 0.6 is 15.9 Å². The molecule has 7 nitrogen and oxygen atoms in total. The van der Waals surface area contributed by atoms with E-state index in [2.05, 4.69) is 21.2 Å². The second-order valence-corrected chi connectivity index (χ2v) is 10.0. The van der Waals surface area contributed by atoms with Crippen LogP contribution in [0.15, 0.2) is 59.1 Å². The van der Waals surface area contributed by atoms with Gasteiger partial charge in [0.2, 0.25) is 21.8 Å². The van der Waals surface area contributed by atoms with Gasteiger partial charge in [0.15, 0.2) is 0 Å². The van der Waals surface area contributed by atoms with Crippen molar-refractivity contribution in [1.29, 1.82) is 0 Å². The van der Waals surface area contributed by atoms with Crippen LogP contribution < -0.4 is 9.62 Å². The average molecular weight is 510 g/mol. The molecule has 2 rings (SSSR count). The molecule has 0 aliphatic heterocycles. The zero-order valence-electron chi connectivity index (χ0n) is 17.9. The Morgan fingerprint density at radius 1 is 1.06 bits per heavy atom. The van der Waals surface area contributed by atoms with E-state index in [4.69, 9.17) is 0 Å². The molecule has 0 aliphatic rings. The fourth-order valence-corrected chi connectivity index (χ4v) is 4.09. The molecule has 0 unspecified atom stereocenters. The maximum atomic E-state index is 13.3. The summed E-state index contributed by atoms with van der Waals surface area (Å²) in [6.45, 7) is 3.88. The van der Waals surface area contributed by atoms with Crippen molar-refractivity contribution < 1.29 is 18.0 Å². The van der Waals surface area contributed by atoms with Crippen molar-refractivity contribution in [2.45, 2.75) is 32.9 Å². The van der Waals surface area contributed by atoms with Crippen molar-refractivity contribution in [3.63, 3.8) is 0 Å². The number of rotatable bonds is 10. The standard InChI is InChI=1S/C22H28BrN3O4S/c1-4-14-24-22(28)17(2)25(15-18-10-12-19(23)13-11-18)21(27)16-26(31(3,29)30)20-8-6-5-7-9-20/h5-13,17H,4,14-16H2,1-3H3,(H,24,28)/t17-/m1/s1. The van der Waals surface area contributed by atoms with Crippen LogP contribution in [0.1, 0.15) is 25.8 Å². The number of halogens is 1. The van der Waals surface area contributed by atoms with E-state index in [1.54, 1.807) is 37.3 Å². The van der Waals surface area contributed by atoms with Crippen molar-refractivity contribution in [2.24, 2.45) is 0 Å². The smallest absolute Gasteiger partial charge is 0.244 e. The number of carbonyl (C=O) groups is 2. The van der Waals surface area contributed by atoms with Gasteiger partial charge in [0.05, 0.1) is 11.9 Å². The first-order chi connectivity index (χ1) is 14.6. The van der Waals surface area contributed by atoms with E-state index >= 15 is 0 Å². The number of sulfonamides is 1. The molecule has 168 valence electrons.